The van der Waals surface area contributed by atoms with Gasteiger partial charge in [-0.15, -0.1) is 0 Å². The van der Waals surface area contributed by atoms with E-state index in [0.717, 1.165) is 24.7 Å². The van der Waals surface area contributed by atoms with Crippen LogP contribution in [0.5, 0.6) is 5.75 Å². The molecule has 0 aliphatic heterocycles. The molecule has 5 heteroatoms. The molecule has 1 unspecified atom stereocenters. The van der Waals surface area contributed by atoms with Crippen molar-refractivity contribution in [1.29, 1.82) is 0 Å². The van der Waals surface area contributed by atoms with E-state index in [1.54, 1.807) is 6.20 Å². The van der Waals surface area contributed by atoms with Crippen LogP contribution in [-0.2, 0) is 6.54 Å². The maximum absolute atomic E-state index is 10.7. The SMILES string of the molecule is CCN(CC)c1ccc(CN(CC(O)COc2ccc(C(C)C)cc2)c2ccccn2)cc1. The van der Waals surface area contributed by atoms with E-state index in [-0.39, 0.29) is 6.61 Å². The van der Waals surface area contributed by atoms with Crippen molar-refractivity contribution in [3.8, 4) is 5.75 Å². The van der Waals surface area contributed by atoms with Crippen molar-refractivity contribution < 1.29 is 9.84 Å². The molecule has 1 heterocycles. The van der Waals surface area contributed by atoms with Gasteiger partial charge in [-0.1, -0.05) is 44.2 Å². The van der Waals surface area contributed by atoms with Crippen molar-refractivity contribution in [3.63, 3.8) is 0 Å². The second-order valence-corrected chi connectivity index (χ2v) is 8.60. The predicted octanol–water partition coefficient (Wildman–Crippen LogP) is 5.50. The van der Waals surface area contributed by atoms with Gasteiger partial charge in [-0.05, 0) is 67.3 Å². The molecule has 1 aromatic heterocycles. The fourth-order valence-corrected chi connectivity index (χ4v) is 3.85. The van der Waals surface area contributed by atoms with Crippen molar-refractivity contribution in [2.45, 2.75) is 46.3 Å². The van der Waals surface area contributed by atoms with Crippen LogP contribution in [0.25, 0.3) is 0 Å². The largest absolute Gasteiger partial charge is 0.491 e. The van der Waals surface area contributed by atoms with Gasteiger partial charge in [-0.3, -0.25) is 0 Å². The molecule has 0 saturated carbocycles. The van der Waals surface area contributed by atoms with Gasteiger partial charge in [0.2, 0.25) is 0 Å². The van der Waals surface area contributed by atoms with Gasteiger partial charge in [-0.25, -0.2) is 4.98 Å². The number of aliphatic hydroxyl groups is 1. The number of hydrogen-bond donors (Lipinski definition) is 1. The molecule has 2 aromatic carbocycles. The van der Waals surface area contributed by atoms with Crippen LogP contribution < -0.4 is 14.5 Å². The Balaban J connectivity index is 1.64. The fraction of sp³-hybridized carbons (Fsp3) is 0.393. The van der Waals surface area contributed by atoms with Gasteiger partial charge in [0.1, 0.15) is 24.3 Å². The quantitative estimate of drug-likeness (QED) is 0.397. The number of hydrogen-bond acceptors (Lipinski definition) is 5. The molecule has 176 valence electrons. The first-order chi connectivity index (χ1) is 16.0. The molecule has 1 atom stereocenters. The minimum Gasteiger partial charge on any atom is -0.491 e. The lowest BCUT2D eigenvalue weighted by Crippen LogP contribution is -2.35. The lowest BCUT2D eigenvalue weighted by atomic mass is 10.0. The third kappa shape index (κ3) is 7.22. The van der Waals surface area contributed by atoms with Gasteiger partial charge in [0.15, 0.2) is 0 Å². The normalized spacial score (nSPS) is 11.9. The van der Waals surface area contributed by atoms with Crippen molar-refractivity contribution in [2.75, 3.05) is 36.0 Å². The lowest BCUT2D eigenvalue weighted by molar-refractivity contribution is 0.112. The zero-order valence-electron chi connectivity index (χ0n) is 20.3. The topological polar surface area (TPSA) is 48.8 Å². The number of pyridine rings is 1. The second-order valence-electron chi connectivity index (χ2n) is 8.60. The van der Waals surface area contributed by atoms with E-state index in [9.17, 15) is 5.11 Å². The molecule has 3 aromatic rings. The maximum atomic E-state index is 10.7. The predicted molar refractivity (Wildman–Crippen MR) is 137 cm³/mol. The van der Waals surface area contributed by atoms with E-state index >= 15 is 0 Å². The smallest absolute Gasteiger partial charge is 0.128 e. The summed E-state index contributed by atoms with van der Waals surface area (Å²) in [6, 6.07) is 22.6. The number of rotatable bonds is 12. The first kappa shape index (κ1) is 24.6. The fourth-order valence-electron chi connectivity index (χ4n) is 3.85. The minimum absolute atomic E-state index is 0.227. The zero-order valence-corrected chi connectivity index (χ0v) is 20.3. The molecule has 0 spiro atoms. The third-order valence-electron chi connectivity index (χ3n) is 5.83. The van der Waals surface area contributed by atoms with Crippen molar-refractivity contribution in [1.82, 2.24) is 4.98 Å². The van der Waals surface area contributed by atoms with Crippen molar-refractivity contribution in [2.24, 2.45) is 0 Å². The molecule has 1 N–H and O–H groups in total. The Morgan fingerprint density at radius 2 is 1.58 bits per heavy atom. The number of aromatic nitrogens is 1. The Kier molecular flexibility index (Phi) is 9.14. The van der Waals surface area contributed by atoms with Crippen molar-refractivity contribution in [3.05, 3.63) is 84.1 Å². The summed E-state index contributed by atoms with van der Waals surface area (Å²) in [5.41, 5.74) is 3.68. The minimum atomic E-state index is -0.647. The van der Waals surface area contributed by atoms with Gasteiger partial charge >= 0.3 is 0 Å². The summed E-state index contributed by atoms with van der Waals surface area (Å²) >= 11 is 0. The van der Waals surface area contributed by atoms with E-state index < -0.39 is 6.10 Å². The first-order valence-electron chi connectivity index (χ1n) is 11.9. The van der Waals surface area contributed by atoms with Gasteiger partial charge in [0.05, 0.1) is 0 Å². The average molecular weight is 448 g/mol. The van der Waals surface area contributed by atoms with Crippen LogP contribution >= 0.6 is 0 Å². The molecule has 5 nitrogen and oxygen atoms in total. The zero-order chi connectivity index (χ0) is 23.6. The highest BCUT2D eigenvalue weighted by molar-refractivity contribution is 5.48. The molecule has 0 amide bonds. The van der Waals surface area contributed by atoms with Crippen LogP contribution in [0.4, 0.5) is 11.5 Å². The van der Waals surface area contributed by atoms with Crippen LogP contribution in [0.3, 0.4) is 0 Å². The molecule has 0 bridgehead atoms. The molecule has 33 heavy (non-hydrogen) atoms. The van der Waals surface area contributed by atoms with Gasteiger partial charge in [0.25, 0.3) is 0 Å². The molecular formula is C28H37N3O2. The van der Waals surface area contributed by atoms with Crippen LogP contribution in [0.1, 0.15) is 44.7 Å². The first-order valence-corrected chi connectivity index (χ1v) is 11.9. The van der Waals surface area contributed by atoms with E-state index in [2.05, 4.69) is 78.9 Å². The summed E-state index contributed by atoms with van der Waals surface area (Å²) in [6.07, 6.45) is 1.14. The Morgan fingerprint density at radius 3 is 2.15 bits per heavy atom. The van der Waals surface area contributed by atoms with Crippen LogP contribution in [0, 0.1) is 0 Å². The maximum Gasteiger partial charge on any atom is 0.128 e. The third-order valence-corrected chi connectivity index (χ3v) is 5.83. The Labute approximate surface area is 198 Å². The molecular weight excluding hydrogens is 410 g/mol. The molecule has 3 rings (SSSR count). The monoisotopic (exact) mass is 447 g/mol. The highest BCUT2D eigenvalue weighted by Gasteiger charge is 2.15. The summed E-state index contributed by atoms with van der Waals surface area (Å²) in [7, 11) is 0. The van der Waals surface area contributed by atoms with E-state index in [1.807, 2.05) is 30.3 Å². The molecule has 0 fully saturated rings. The van der Waals surface area contributed by atoms with Crippen LogP contribution in [-0.4, -0.2) is 42.4 Å². The second kappa shape index (κ2) is 12.3. The molecule has 0 radical (unpaired) electrons. The number of nitrogens with zero attached hydrogens (tertiary/aromatic N) is 3. The van der Waals surface area contributed by atoms with E-state index in [1.165, 1.54) is 16.8 Å². The number of benzene rings is 2. The van der Waals surface area contributed by atoms with Crippen LogP contribution in [0.2, 0.25) is 0 Å². The Hall–Kier alpha value is -3.05. The summed E-state index contributed by atoms with van der Waals surface area (Å²) in [4.78, 5) is 8.94. The lowest BCUT2D eigenvalue weighted by Gasteiger charge is -2.27. The van der Waals surface area contributed by atoms with Gasteiger partial charge in [0, 0.05) is 38.1 Å². The summed E-state index contributed by atoms with van der Waals surface area (Å²) in [5, 5.41) is 10.7. The van der Waals surface area contributed by atoms with E-state index in [0.29, 0.717) is 19.0 Å². The van der Waals surface area contributed by atoms with Crippen molar-refractivity contribution >= 4 is 11.5 Å². The number of anilines is 2. The Morgan fingerprint density at radius 1 is 0.879 bits per heavy atom. The summed E-state index contributed by atoms with van der Waals surface area (Å²) in [5.74, 6) is 2.10. The molecule has 0 aliphatic rings. The highest BCUT2D eigenvalue weighted by atomic mass is 16.5. The molecule has 0 saturated heterocycles. The number of ether oxygens (including phenoxy) is 1. The number of aliphatic hydroxyl groups excluding tert-OH is 1. The standard InChI is InChI=1S/C28H37N3O2/c1-5-30(6-2)25-14-10-23(11-15-25)19-31(28-9-7-8-18-29-28)20-26(32)21-33-27-16-12-24(13-17-27)22(3)4/h7-18,22,26,32H,5-6,19-21H2,1-4H3. The van der Waals surface area contributed by atoms with E-state index in [4.69, 9.17) is 4.74 Å². The summed E-state index contributed by atoms with van der Waals surface area (Å²) < 4.78 is 5.85. The average Bonchev–Trinajstić information content (AvgIpc) is 2.85. The van der Waals surface area contributed by atoms with Gasteiger partial charge < -0.3 is 19.6 Å². The van der Waals surface area contributed by atoms with Gasteiger partial charge in [-0.2, -0.15) is 0 Å². The molecule has 0 aliphatic carbocycles. The summed E-state index contributed by atoms with van der Waals surface area (Å²) in [6.45, 7) is 12.0. The van der Waals surface area contributed by atoms with Crippen LogP contribution in [0.15, 0.2) is 72.9 Å². The Bertz CT molecular complexity index is 939. The highest BCUT2D eigenvalue weighted by Crippen LogP contribution is 2.20.